The number of benzene rings is 1. The number of anilines is 1. The van der Waals surface area contributed by atoms with E-state index in [1.165, 1.54) is 26.2 Å². The summed E-state index contributed by atoms with van der Waals surface area (Å²) < 4.78 is 16.0. The van der Waals surface area contributed by atoms with E-state index >= 15 is 0 Å². The molecular weight excluding hydrogens is 328 g/mol. The summed E-state index contributed by atoms with van der Waals surface area (Å²) in [6, 6.07) is 1.24. The quantitative estimate of drug-likeness (QED) is 0.844. The van der Waals surface area contributed by atoms with Crippen molar-refractivity contribution in [2.24, 2.45) is 5.41 Å². The molecule has 0 bridgehead atoms. The molecule has 25 heavy (non-hydrogen) atoms. The van der Waals surface area contributed by atoms with Crippen molar-refractivity contribution in [3.05, 3.63) is 11.6 Å². The predicted octanol–water partition coefficient (Wildman–Crippen LogP) is 2.35. The van der Waals surface area contributed by atoms with Crippen LogP contribution in [-0.2, 0) is 4.79 Å². The van der Waals surface area contributed by atoms with Crippen molar-refractivity contribution in [2.45, 2.75) is 20.3 Å². The fourth-order valence-corrected chi connectivity index (χ4v) is 3.02. The van der Waals surface area contributed by atoms with Crippen molar-refractivity contribution in [2.75, 3.05) is 39.7 Å². The largest absolute Gasteiger partial charge is 0.494 e. The van der Waals surface area contributed by atoms with Gasteiger partial charge in [0.05, 0.1) is 32.4 Å². The molecule has 2 amide bonds. The first-order valence-corrected chi connectivity index (χ1v) is 7.86. The minimum Gasteiger partial charge on any atom is -0.494 e. The Balaban J connectivity index is 2.27. The molecule has 1 saturated heterocycles. The van der Waals surface area contributed by atoms with Crippen molar-refractivity contribution in [1.29, 1.82) is 0 Å². The van der Waals surface area contributed by atoms with Crippen LogP contribution in [0.1, 0.15) is 18.9 Å². The summed E-state index contributed by atoms with van der Waals surface area (Å²) in [4.78, 5) is 25.4. The molecule has 1 aromatic carbocycles. The van der Waals surface area contributed by atoms with Crippen LogP contribution in [0.5, 0.6) is 17.2 Å². The number of ether oxygens (including phenoxy) is 3. The van der Waals surface area contributed by atoms with Crippen LogP contribution in [0.4, 0.5) is 10.5 Å². The third kappa shape index (κ3) is 3.42. The lowest BCUT2D eigenvalue weighted by Gasteiger charge is -2.22. The zero-order valence-corrected chi connectivity index (χ0v) is 15.1. The summed E-state index contributed by atoms with van der Waals surface area (Å²) >= 11 is 0. The van der Waals surface area contributed by atoms with E-state index in [1.54, 1.807) is 19.9 Å². The first kappa shape index (κ1) is 18.7. The highest BCUT2D eigenvalue weighted by molar-refractivity contribution is 5.93. The van der Waals surface area contributed by atoms with Gasteiger partial charge >= 0.3 is 12.0 Å². The summed E-state index contributed by atoms with van der Waals surface area (Å²) in [5.41, 5.74) is 0.206. The van der Waals surface area contributed by atoms with Gasteiger partial charge in [-0.1, -0.05) is 0 Å². The standard InChI is InChI=1S/C17H24N2O6/c1-10-13(24-4)11(8-12(23-3)14(10)25-5)18-16(22)19-7-6-17(2,9-19)15(20)21/h8H,6-7,9H2,1-5H3,(H,18,22)(H,20,21). The van der Waals surface area contributed by atoms with Crippen molar-refractivity contribution in [3.63, 3.8) is 0 Å². The third-order valence-corrected chi connectivity index (χ3v) is 4.57. The van der Waals surface area contributed by atoms with Crippen LogP contribution in [0, 0.1) is 12.3 Å². The predicted molar refractivity (Wildman–Crippen MR) is 91.8 cm³/mol. The minimum atomic E-state index is -0.922. The van der Waals surface area contributed by atoms with Crippen molar-refractivity contribution < 1.29 is 28.9 Å². The van der Waals surface area contributed by atoms with E-state index < -0.39 is 11.4 Å². The second-order valence-corrected chi connectivity index (χ2v) is 6.29. The summed E-state index contributed by atoms with van der Waals surface area (Å²) in [6.07, 6.45) is 0.415. The maximum atomic E-state index is 12.6. The van der Waals surface area contributed by atoms with Crippen molar-refractivity contribution in [3.8, 4) is 17.2 Å². The average Bonchev–Trinajstić information content (AvgIpc) is 2.98. The van der Waals surface area contributed by atoms with Gasteiger partial charge in [-0.3, -0.25) is 4.79 Å². The summed E-state index contributed by atoms with van der Waals surface area (Å²) in [6.45, 7) is 3.98. The molecule has 0 aliphatic carbocycles. The van der Waals surface area contributed by atoms with Crippen LogP contribution in [0.25, 0.3) is 0 Å². The lowest BCUT2D eigenvalue weighted by atomic mass is 9.90. The molecule has 1 aliphatic rings. The van der Waals surface area contributed by atoms with E-state index in [-0.39, 0.29) is 12.6 Å². The number of carbonyl (C=O) groups is 2. The van der Waals surface area contributed by atoms with Gasteiger partial charge in [-0.15, -0.1) is 0 Å². The molecule has 2 N–H and O–H groups in total. The van der Waals surface area contributed by atoms with E-state index in [9.17, 15) is 14.7 Å². The van der Waals surface area contributed by atoms with Crippen LogP contribution in [0.2, 0.25) is 0 Å². The van der Waals surface area contributed by atoms with Gasteiger partial charge < -0.3 is 29.5 Å². The van der Waals surface area contributed by atoms with E-state index in [1.807, 2.05) is 0 Å². The molecule has 1 heterocycles. The number of nitrogens with zero attached hydrogens (tertiary/aromatic N) is 1. The second-order valence-electron chi connectivity index (χ2n) is 6.29. The van der Waals surface area contributed by atoms with E-state index in [4.69, 9.17) is 14.2 Å². The topological polar surface area (TPSA) is 97.3 Å². The molecule has 1 fully saturated rings. The number of rotatable bonds is 5. The fraction of sp³-hybridized carbons (Fsp3) is 0.529. The number of amides is 2. The van der Waals surface area contributed by atoms with Crippen LogP contribution >= 0.6 is 0 Å². The highest BCUT2D eigenvalue weighted by Crippen LogP contribution is 2.42. The Bertz CT molecular complexity index is 690. The molecule has 1 aliphatic heterocycles. The van der Waals surface area contributed by atoms with Gasteiger partial charge in [-0.2, -0.15) is 0 Å². The number of hydrogen-bond donors (Lipinski definition) is 2. The Morgan fingerprint density at radius 2 is 1.84 bits per heavy atom. The highest BCUT2D eigenvalue weighted by atomic mass is 16.5. The maximum Gasteiger partial charge on any atom is 0.321 e. The molecule has 0 spiro atoms. The molecule has 1 unspecified atom stereocenters. The Hall–Kier alpha value is -2.64. The highest BCUT2D eigenvalue weighted by Gasteiger charge is 2.42. The van der Waals surface area contributed by atoms with Gasteiger partial charge in [0.2, 0.25) is 0 Å². The molecular formula is C17H24N2O6. The number of hydrogen-bond acceptors (Lipinski definition) is 5. The van der Waals surface area contributed by atoms with Crippen LogP contribution < -0.4 is 19.5 Å². The lowest BCUT2D eigenvalue weighted by Crippen LogP contribution is -2.37. The molecule has 2 rings (SSSR count). The molecule has 1 atom stereocenters. The third-order valence-electron chi connectivity index (χ3n) is 4.57. The lowest BCUT2D eigenvalue weighted by molar-refractivity contribution is -0.146. The number of carboxylic acids is 1. The zero-order chi connectivity index (χ0) is 18.8. The van der Waals surface area contributed by atoms with Gasteiger partial charge in [0.1, 0.15) is 5.75 Å². The number of nitrogens with one attached hydrogen (secondary N) is 1. The van der Waals surface area contributed by atoms with Crippen molar-refractivity contribution >= 4 is 17.7 Å². The number of urea groups is 1. The number of aliphatic carboxylic acids is 1. The zero-order valence-electron chi connectivity index (χ0n) is 15.1. The summed E-state index contributed by atoms with van der Waals surface area (Å²) in [7, 11) is 4.54. The monoisotopic (exact) mass is 352 g/mol. The molecule has 0 saturated carbocycles. The summed E-state index contributed by atoms with van der Waals surface area (Å²) in [5, 5.41) is 12.1. The minimum absolute atomic E-state index is 0.156. The normalized spacial score (nSPS) is 19.5. The van der Waals surface area contributed by atoms with Crippen LogP contribution in [0.3, 0.4) is 0 Å². The van der Waals surface area contributed by atoms with Crippen LogP contribution in [0.15, 0.2) is 6.07 Å². The van der Waals surface area contributed by atoms with Crippen molar-refractivity contribution in [1.82, 2.24) is 4.90 Å². The molecule has 0 radical (unpaired) electrons. The molecule has 138 valence electrons. The Kier molecular flexibility index (Phi) is 5.30. The van der Waals surface area contributed by atoms with Crippen LogP contribution in [-0.4, -0.2) is 56.4 Å². The number of methoxy groups -OCH3 is 3. The van der Waals surface area contributed by atoms with Gasteiger partial charge in [0.25, 0.3) is 0 Å². The SMILES string of the molecule is COc1cc(NC(=O)N2CCC(C)(C(=O)O)C2)c(OC)c(C)c1OC. The average molecular weight is 352 g/mol. The molecule has 0 aromatic heterocycles. The Labute approximate surface area is 146 Å². The van der Waals surface area contributed by atoms with Gasteiger partial charge in [-0.05, 0) is 20.3 Å². The first-order chi connectivity index (χ1) is 11.8. The van der Waals surface area contributed by atoms with E-state index in [2.05, 4.69) is 5.32 Å². The van der Waals surface area contributed by atoms with E-state index in [0.29, 0.717) is 41.5 Å². The molecule has 1 aromatic rings. The van der Waals surface area contributed by atoms with Gasteiger partial charge in [0.15, 0.2) is 11.5 Å². The Morgan fingerprint density at radius 1 is 1.20 bits per heavy atom. The number of carboxylic acid groups (broad SMARTS) is 1. The molecule has 8 nitrogen and oxygen atoms in total. The second kappa shape index (κ2) is 7.08. The van der Waals surface area contributed by atoms with E-state index in [0.717, 1.165) is 0 Å². The molecule has 8 heteroatoms. The smallest absolute Gasteiger partial charge is 0.321 e. The number of carbonyl (C=O) groups excluding carboxylic acids is 1. The number of likely N-dealkylation sites (tertiary alicyclic amines) is 1. The Morgan fingerprint density at radius 3 is 2.32 bits per heavy atom. The summed E-state index contributed by atoms with van der Waals surface area (Å²) in [5.74, 6) is 0.554. The van der Waals surface area contributed by atoms with Gasteiger partial charge in [0, 0.05) is 24.7 Å². The maximum absolute atomic E-state index is 12.6. The van der Waals surface area contributed by atoms with Gasteiger partial charge in [-0.25, -0.2) is 4.79 Å². The first-order valence-electron chi connectivity index (χ1n) is 7.86. The fourth-order valence-electron chi connectivity index (χ4n) is 3.02.